The highest BCUT2D eigenvalue weighted by molar-refractivity contribution is 6.30. The average Bonchev–Trinajstić information content (AvgIpc) is 2.91. The highest BCUT2D eigenvalue weighted by Gasteiger charge is 2.36. The third-order valence-corrected chi connectivity index (χ3v) is 5.46. The summed E-state index contributed by atoms with van der Waals surface area (Å²) in [5.74, 6) is 0.0532. The number of hydrazine groups is 1. The van der Waals surface area contributed by atoms with E-state index in [2.05, 4.69) is 30.6 Å². The summed E-state index contributed by atoms with van der Waals surface area (Å²) in [5.41, 5.74) is 1.36. The first-order valence-corrected chi connectivity index (χ1v) is 13.6. The van der Waals surface area contributed by atoms with E-state index in [9.17, 15) is 9.59 Å². The van der Waals surface area contributed by atoms with Crippen LogP contribution in [-0.2, 0) is 9.47 Å². The predicted octanol–water partition coefficient (Wildman–Crippen LogP) is 7.38. The second-order valence-corrected chi connectivity index (χ2v) is 9.95. The van der Waals surface area contributed by atoms with Gasteiger partial charge in [-0.15, -0.1) is 0 Å². The minimum Gasteiger partial charge on any atom is -0.445 e. The summed E-state index contributed by atoms with van der Waals surface area (Å²) >= 11 is 12.7. The number of rotatable bonds is 8. The fourth-order valence-corrected chi connectivity index (χ4v) is 3.88. The van der Waals surface area contributed by atoms with Gasteiger partial charge in [0.05, 0.1) is 12.2 Å². The van der Waals surface area contributed by atoms with Crippen LogP contribution in [0.5, 0.6) is 0 Å². The molecule has 0 fully saturated rings. The zero-order valence-corrected chi connectivity index (χ0v) is 24.7. The monoisotopic (exact) mass is 610 g/mol. The Morgan fingerprint density at radius 2 is 1.19 bits per heavy atom. The molecule has 2 heterocycles. The van der Waals surface area contributed by atoms with Crippen molar-refractivity contribution in [1.29, 1.82) is 0 Å². The van der Waals surface area contributed by atoms with Crippen LogP contribution in [0.4, 0.5) is 44.4 Å². The normalized spacial score (nSPS) is 10.8. The Morgan fingerprint density at radius 1 is 0.690 bits per heavy atom. The molecule has 0 aliphatic heterocycles. The number of hydrogen-bond acceptors (Lipinski definition) is 10. The lowest BCUT2D eigenvalue weighted by Gasteiger charge is -2.32. The van der Waals surface area contributed by atoms with E-state index in [4.69, 9.17) is 32.7 Å². The number of nitrogens with one attached hydrogen (secondary N) is 2. The van der Waals surface area contributed by atoms with Crippen LogP contribution in [-0.4, -0.2) is 44.3 Å². The van der Waals surface area contributed by atoms with E-state index in [-0.39, 0.29) is 33.8 Å². The number of hydrogen-bond donors (Lipinski definition) is 2. The van der Waals surface area contributed by atoms with Crippen molar-refractivity contribution in [1.82, 2.24) is 19.9 Å². The van der Waals surface area contributed by atoms with Crippen molar-refractivity contribution in [3.63, 3.8) is 0 Å². The molecule has 4 rings (SSSR count). The van der Waals surface area contributed by atoms with E-state index < -0.39 is 24.4 Å². The quantitative estimate of drug-likeness (QED) is 0.118. The minimum absolute atomic E-state index is 0.0230. The maximum Gasteiger partial charge on any atom is 0.435 e. The summed E-state index contributed by atoms with van der Waals surface area (Å²) in [6.07, 6.45) is -3.07. The second-order valence-electron chi connectivity index (χ2n) is 9.22. The fraction of sp³-hybridized carbons (Fsp3) is 0.214. The molecule has 14 heteroatoms. The van der Waals surface area contributed by atoms with E-state index in [1.54, 1.807) is 39.8 Å². The Hall–Kier alpha value is -4.68. The molecule has 0 bridgehead atoms. The number of halogens is 2. The number of nitrogens with zero attached hydrogens (tertiary/aromatic N) is 6. The highest BCUT2D eigenvalue weighted by atomic mass is 35.5. The van der Waals surface area contributed by atoms with Crippen molar-refractivity contribution >= 4 is 70.2 Å². The van der Waals surface area contributed by atoms with Crippen molar-refractivity contribution in [3.8, 4) is 0 Å². The van der Waals surface area contributed by atoms with Crippen LogP contribution in [0, 0.1) is 0 Å². The Morgan fingerprint density at radius 3 is 1.71 bits per heavy atom. The predicted molar refractivity (Wildman–Crippen MR) is 162 cm³/mol. The van der Waals surface area contributed by atoms with Gasteiger partial charge < -0.3 is 20.1 Å². The maximum atomic E-state index is 13.6. The van der Waals surface area contributed by atoms with Gasteiger partial charge in [0.1, 0.15) is 11.0 Å². The van der Waals surface area contributed by atoms with E-state index in [1.165, 1.54) is 12.1 Å². The largest absolute Gasteiger partial charge is 0.445 e. The smallest absolute Gasteiger partial charge is 0.435 e. The number of carbonyl (C=O) groups excluding carboxylic acids is 2. The van der Waals surface area contributed by atoms with Crippen LogP contribution in [0.25, 0.3) is 0 Å². The minimum atomic E-state index is -0.974. The van der Waals surface area contributed by atoms with E-state index in [0.29, 0.717) is 11.4 Å². The Bertz CT molecular complexity index is 1410. The third-order valence-electron chi connectivity index (χ3n) is 5.10. The first-order chi connectivity index (χ1) is 20.1. The molecule has 0 aliphatic carbocycles. The lowest BCUT2D eigenvalue weighted by Crippen LogP contribution is -2.52. The number of anilines is 6. The van der Waals surface area contributed by atoms with Gasteiger partial charge in [-0.3, -0.25) is 0 Å². The van der Waals surface area contributed by atoms with Crippen LogP contribution < -0.4 is 20.7 Å². The van der Waals surface area contributed by atoms with Crippen molar-refractivity contribution < 1.29 is 19.1 Å². The Kier molecular flexibility index (Phi) is 9.94. The molecule has 0 radical (unpaired) electrons. The zero-order chi connectivity index (χ0) is 30.2. The summed E-state index contributed by atoms with van der Waals surface area (Å²) < 4.78 is 11.0. The molecule has 2 N–H and O–H groups in total. The topological polar surface area (TPSA) is 135 Å². The molecule has 0 spiro atoms. The third kappa shape index (κ3) is 8.18. The number of aromatic nitrogens is 4. The van der Waals surface area contributed by atoms with Crippen molar-refractivity contribution in [3.05, 3.63) is 83.2 Å². The van der Waals surface area contributed by atoms with E-state index in [0.717, 1.165) is 10.0 Å². The second kappa shape index (κ2) is 13.8. The van der Waals surface area contributed by atoms with Gasteiger partial charge in [-0.25, -0.2) is 19.6 Å². The Labute approximate surface area is 252 Å². The van der Waals surface area contributed by atoms with Crippen LogP contribution in [0.15, 0.2) is 72.8 Å². The molecular weight excluding hydrogens is 583 g/mol. The van der Waals surface area contributed by atoms with Gasteiger partial charge in [0.25, 0.3) is 0 Å². The zero-order valence-electron chi connectivity index (χ0n) is 23.2. The number of ether oxygens (including phenoxy) is 2. The van der Waals surface area contributed by atoms with Gasteiger partial charge in [0, 0.05) is 23.5 Å². The molecule has 2 amide bonds. The Balaban J connectivity index is 1.85. The summed E-state index contributed by atoms with van der Waals surface area (Å²) in [4.78, 5) is 44.4. The molecular formula is C28H28Cl2N8O4. The molecule has 42 heavy (non-hydrogen) atoms. The number of amides is 2. The molecule has 0 saturated carbocycles. The summed E-state index contributed by atoms with van der Waals surface area (Å²) in [7, 11) is 0. The van der Waals surface area contributed by atoms with Gasteiger partial charge >= 0.3 is 12.2 Å². The molecule has 4 aromatic rings. The molecule has 0 atom stereocenters. The summed E-state index contributed by atoms with van der Waals surface area (Å²) in [5, 5.41) is 7.59. The summed E-state index contributed by atoms with van der Waals surface area (Å²) in [6.45, 7) is 6.63. The molecule has 0 aliphatic rings. The lowest BCUT2D eigenvalue weighted by atomic mass is 10.3. The van der Waals surface area contributed by atoms with Crippen LogP contribution >= 0.6 is 23.2 Å². The molecule has 12 nitrogen and oxygen atoms in total. The SMILES string of the molecule is CC(C)OC(=O)N(c1cc(Nc2ccccc2)nc(Cl)n1)N(C(=O)OC(C)C)c1cc(Cl)nc(Nc2ccccc2)n1. The summed E-state index contributed by atoms with van der Waals surface area (Å²) in [6, 6.07) is 21.0. The first-order valence-electron chi connectivity index (χ1n) is 12.8. The lowest BCUT2D eigenvalue weighted by molar-refractivity contribution is 0.110. The van der Waals surface area contributed by atoms with Gasteiger partial charge in [0.15, 0.2) is 11.6 Å². The molecule has 0 unspecified atom stereocenters. The van der Waals surface area contributed by atoms with Crippen LogP contribution in [0.1, 0.15) is 27.7 Å². The molecule has 0 saturated heterocycles. The first kappa shape index (κ1) is 30.3. The van der Waals surface area contributed by atoms with Gasteiger partial charge in [-0.2, -0.15) is 20.0 Å². The molecule has 218 valence electrons. The van der Waals surface area contributed by atoms with E-state index in [1.807, 2.05) is 48.5 Å². The van der Waals surface area contributed by atoms with Gasteiger partial charge in [-0.1, -0.05) is 48.0 Å². The van der Waals surface area contributed by atoms with Gasteiger partial charge in [-0.05, 0) is 63.6 Å². The molecule has 2 aromatic carbocycles. The van der Waals surface area contributed by atoms with Crippen molar-refractivity contribution in [2.24, 2.45) is 0 Å². The average molecular weight is 611 g/mol. The number of benzene rings is 2. The highest BCUT2D eigenvalue weighted by Crippen LogP contribution is 2.29. The van der Waals surface area contributed by atoms with Crippen LogP contribution in [0.3, 0.4) is 0 Å². The van der Waals surface area contributed by atoms with Gasteiger partial charge in [0.2, 0.25) is 11.2 Å². The maximum absolute atomic E-state index is 13.6. The molecule has 2 aromatic heterocycles. The number of carbonyl (C=O) groups is 2. The van der Waals surface area contributed by atoms with Crippen molar-refractivity contribution in [2.75, 3.05) is 20.7 Å². The van der Waals surface area contributed by atoms with E-state index >= 15 is 0 Å². The standard InChI is InChI=1S/C28H28Cl2N8O4/c1-17(2)41-27(39)37(23-15-21(29)33-26(36-23)32-20-13-9-6-10-14-20)38(28(40)42-18(3)4)24-16-22(34-25(30)35-24)31-19-11-7-5-8-12-19/h5-18H,1-4H3,(H,31,34,35)(H,32,33,36). The number of para-hydroxylation sites is 2. The van der Waals surface area contributed by atoms with Crippen LogP contribution in [0.2, 0.25) is 10.4 Å². The fourth-order valence-electron chi connectivity index (χ4n) is 3.53. The van der Waals surface area contributed by atoms with Crippen molar-refractivity contribution in [2.45, 2.75) is 39.9 Å².